The lowest BCUT2D eigenvalue weighted by molar-refractivity contribution is -0.167. The molecule has 0 amide bonds. The molecule has 0 aromatic heterocycles. The van der Waals surface area contributed by atoms with Gasteiger partial charge in [-0.05, 0) is 19.3 Å². The van der Waals surface area contributed by atoms with Gasteiger partial charge in [0.1, 0.15) is 13.2 Å². The number of hydrogen-bond donors (Lipinski definition) is 0. The number of hydrogen-bond acceptors (Lipinski definition) is 6. The van der Waals surface area contributed by atoms with Crippen LogP contribution in [-0.2, 0) is 28.6 Å². The van der Waals surface area contributed by atoms with Crippen LogP contribution in [0.3, 0.4) is 0 Å². The highest BCUT2D eigenvalue weighted by Gasteiger charge is 2.19. The van der Waals surface area contributed by atoms with Crippen molar-refractivity contribution in [1.29, 1.82) is 0 Å². The van der Waals surface area contributed by atoms with Crippen molar-refractivity contribution in [3.05, 3.63) is 0 Å². The molecular weight excluding hydrogens is 829 g/mol. The molecule has 0 saturated heterocycles. The lowest BCUT2D eigenvalue weighted by Gasteiger charge is -2.18. The van der Waals surface area contributed by atoms with Crippen LogP contribution in [0, 0.1) is 0 Å². The molecule has 0 radical (unpaired) electrons. The van der Waals surface area contributed by atoms with Crippen molar-refractivity contribution in [2.24, 2.45) is 0 Å². The molecule has 0 bridgehead atoms. The first kappa shape index (κ1) is 65.4. The maximum Gasteiger partial charge on any atom is 0.306 e. The second-order valence-electron chi connectivity index (χ2n) is 21.0. The van der Waals surface area contributed by atoms with Crippen LogP contribution in [0.2, 0.25) is 0 Å². The van der Waals surface area contributed by atoms with E-state index in [2.05, 4.69) is 20.8 Å². The van der Waals surface area contributed by atoms with Gasteiger partial charge in [-0.15, -0.1) is 0 Å². The van der Waals surface area contributed by atoms with Crippen LogP contribution in [0.25, 0.3) is 0 Å². The predicted molar refractivity (Wildman–Crippen MR) is 289 cm³/mol. The highest BCUT2D eigenvalue weighted by atomic mass is 16.6. The predicted octanol–water partition coefficient (Wildman–Crippen LogP) is 20.3. The van der Waals surface area contributed by atoms with Gasteiger partial charge in [0.15, 0.2) is 6.10 Å². The summed E-state index contributed by atoms with van der Waals surface area (Å²) in [6.45, 7) is 6.61. The van der Waals surface area contributed by atoms with Crippen LogP contribution in [0.5, 0.6) is 0 Å². The van der Waals surface area contributed by atoms with E-state index in [9.17, 15) is 14.4 Å². The van der Waals surface area contributed by atoms with Gasteiger partial charge in [-0.1, -0.05) is 316 Å². The lowest BCUT2D eigenvalue weighted by Crippen LogP contribution is -2.30. The van der Waals surface area contributed by atoms with Crippen molar-refractivity contribution < 1.29 is 28.6 Å². The quantitative estimate of drug-likeness (QED) is 0.0343. The van der Waals surface area contributed by atoms with Gasteiger partial charge in [-0.3, -0.25) is 14.4 Å². The molecule has 1 atom stereocenters. The Balaban J connectivity index is 3.84. The zero-order valence-electron chi connectivity index (χ0n) is 45.7. The molecule has 0 aliphatic rings. The van der Waals surface area contributed by atoms with Gasteiger partial charge in [0, 0.05) is 19.3 Å². The fourth-order valence-electron chi connectivity index (χ4n) is 9.51. The summed E-state index contributed by atoms with van der Waals surface area (Å²) >= 11 is 0. The van der Waals surface area contributed by atoms with Gasteiger partial charge >= 0.3 is 17.9 Å². The molecule has 0 saturated carbocycles. The molecule has 0 aromatic rings. The van der Waals surface area contributed by atoms with Crippen molar-refractivity contribution in [2.75, 3.05) is 13.2 Å². The fraction of sp³-hybridized carbons (Fsp3) is 0.951. The maximum atomic E-state index is 12.7. The minimum absolute atomic E-state index is 0.0629. The van der Waals surface area contributed by atoms with Crippen LogP contribution in [-0.4, -0.2) is 37.2 Å². The second-order valence-corrected chi connectivity index (χ2v) is 21.0. The van der Waals surface area contributed by atoms with Crippen LogP contribution in [0.15, 0.2) is 0 Å². The number of carbonyl (C=O) groups excluding carboxylic acids is 3. The smallest absolute Gasteiger partial charge is 0.306 e. The van der Waals surface area contributed by atoms with Crippen molar-refractivity contribution in [2.45, 2.75) is 361 Å². The minimum Gasteiger partial charge on any atom is -0.462 e. The largest absolute Gasteiger partial charge is 0.462 e. The Morgan fingerprint density at radius 1 is 0.239 bits per heavy atom. The number of unbranched alkanes of at least 4 members (excludes halogenated alkanes) is 46. The van der Waals surface area contributed by atoms with Gasteiger partial charge in [0.25, 0.3) is 0 Å². The Morgan fingerprint density at radius 2 is 0.403 bits per heavy atom. The monoisotopic (exact) mass is 947 g/mol. The van der Waals surface area contributed by atoms with E-state index in [-0.39, 0.29) is 31.1 Å². The molecule has 0 N–H and O–H groups in total. The molecule has 0 heterocycles. The van der Waals surface area contributed by atoms with Gasteiger partial charge in [0.05, 0.1) is 0 Å². The normalized spacial score (nSPS) is 11.9. The van der Waals surface area contributed by atoms with Gasteiger partial charge in [-0.25, -0.2) is 0 Å². The number of carbonyl (C=O) groups is 3. The Labute approximate surface area is 418 Å². The third-order valence-corrected chi connectivity index (χ3v) is 14.1. The summed E-state index contributed by atoms with van der Waals surface area (Å²) < 4.78 is 16.7. The highest BCUT2D eigenvalue weighted by molar-refractivity contribution is 5.71. The van der Waals surface area contributed by atoms with E-state index in [0.717, 1.165) is 64.2 Å². The summed E-state index contributed by atoms with van der Waals surface area (Å²) in [5.74, 6) is -0.854. The van der Waals surface area contributed by atoms with E-state index in [1.165, 1.54) is 250 Å². The average molecular weight is 948 g/mol. The first-order valence-electron chi connectivity index (χ1n) is 30.5. The molecule has 0 aliphatic heterocycles. The third-order valence-electron chi connectivity index (χ3n) is 14.1. The summed E-state index contributed by atoms with van der Waals surface area (Å²) in [7, 11) is 0. The van der Waals surface area contributed by atoms with E-state index < -0.39 is 6.10 Å². The van der Waals surface area contributed by atoms with Crippen LogP contribution in [0.1, 0.15) is 355 Å². The summed E-state index contributed by atoms with van der Waals surface area (Å²) in [5.41, 5.74) is 0. The number of esters is 3. The minimum atomic E-state index is -0.759. The van der Waals surface area contributed by atoms with Crippen molar-refractivity contribution in [1.82, 2.24) is 0 Å². The maximum absolute atomic E-state index is 12.7. The van der Waals surface area contributed by atoms with Crippen LogP contribution >= 0.6 is 0 Å². The first-order valence-corrected chi connectivity index (χ1v) is 30.5. The standard InChI is InChI=1S/C61H118O6/c1-4-7-10-13-15-17-19-21-22-23-24-25-26-27-28-29-30-31-32-33-34-35-36-37-38-40-41-43-45-48-51-54-60(63)66-57-58(56-65-59(62)53-50-47-12-9-6-3)67-61(64)55-52-49-46-44-42-39-20-18-16-14-11-8-5-2/h58H,4-57H2,1-3H3. The number of rotatable bonds is 57. The van der Waals surface area contributed by atoms with Gasteiger partial charge in [0.2, 0.25) is 0 Å². The third kappa shape index (κ3) is 55.2. The molecule has 398 valence electrons. The molecule has 6 nitrogen and oxygen atoms in total. The first-order chi connectivity index (χ1) is 33.0. The van der Waals surface area contributed by atoms with Crippen LogP contribution in [0.4, 0.5) is 0 Å². The fourth-order valence-corrected chi connectivity index (χ4v) is 9.51. The molecular formula is C61H118O6. The zero-order chi connectivity index (χ0) is 48.6. The Morgan fingerprint density at radius 3 is 0.597 bits per heavy atom. The summed E-state index contributed by atoms with van der Waals surface area (Å²) in [6, 6.07) is 0. The van der Waals surface area contributed by atoms with Gasteiger partial charge < -0.3 is 14.2 Å². The molecule has 1 unspecified atom stereocenters. The lowest BCUT2D eigenvalue weighted by atomic mass is 10.0. The molecule has 0 aliphatic carbocycles. The van der Waals surface area contributed by atoms with Crippen molar-refractivity contribution in [3.8, 4) is 0 Å². The number of ether oxygens (including phenoxy) is 3. The average Bonchev–Trinajstić information content (AvgIpc) is 3.33. The van der Waals surface area contributed by atoms with E-state index in [0.29, 0.717) is 19.3 Å². The molecule has 0 fully saturated rings. The summed E-state index contributed by atoms with van der Waals surface area (Å²) in [4.78, 5) is 37.7. The molecule has 0 rings (SSSR count). The Bertz CT molecular complexity index is 998. The summed E-state index contributed by atoms with van der Waals surface area (Å²) in [5, 5.41) is 0. The summed E-state index contributed by atoms with van der Waals surface area (Å²) in [6.07, 6.45) is 64.6. The topological polar surface area (TPSA) is 78.9 Å². The molecule has 67 heavy (non-hydrogen) atoms. The zero-order valence-corrected chi connectivity index (χ0v) is 45.7. The highest BCUT2D eigenvalue weighted by Crippen LogP contribution is 2.18. The van der Waals surface area contributed by atoms with Gasteiger partial charge in [-0.2, -0.15) is 0 Å². The van der Waals surface area contributed by atoms with Crippen molar-refractivity contribution in [3.63, 3.8) is 0 Å². The molecule has 0 aromatic carbocycles. The van der Waals surface area contributed by atoms with Crippen molar-refractivity contribution >= 4 is 17.9 Å². The second kappa shape index (κ2) is 57.0. The van der Waals surface area contributed by atoms with E-state index in [4.69, 9.17) is 14.2 Å². The van der Waals surface area contributed by atoms with E-state index in [1.807, 2.05) is 0 Å². The molecule has 6 heteroatoms. The van der Waals surface area contributed by atoms with Crippen LogP contribution < -0.4 is 0 Å². The SMILES string of the molecule is CCCCCCCCCCCCCCCCCCCCCCCCCCCCCCCCCC(=O)OCC(COC(=O)CCCCCCC)OC(=O)CCCCCCCCCCCCCCC. The molecule has 0 spiro atoms. The Hall–Kier alpha value is -1.59. The van der Waals surface area contributed by atoms with E-state index >= 15 is 0 Å². The Kier molecular flexibility index (Phi) is 55.6. The van der Waals surface area contributed by atoms with E-state index in [1.54, 1.807) is 0 Å².